The van der Waals surface area contributed by atoms with Gasteiger partial charge in [0.15, 0.2) is 0 Å². The average molecular weight is 236 g/mol. The molecule has 94 valence electrons. The topological polar surface area (TPSA) is 35.5 Å². The van der Waals surface area contributed by atoms with Crippen molar-refractivity contribution < 1.29 is 14.3 Å². The van der Waals surface area contributed by atoms with Crippen LogP contribution in [0.15, 0.2) is 24.3 Å². The maximum absolute atomic E-state index is 11.7. The van der Waals surface area contributed by atoms with E-state index >= 15 is 0 Å². The predicted molar refractivity (Wildman–Crippen MR) is 67.2 cm³/mol. The average Bonchev–Trinajstić information content (AvgIpc) is 2.36. The molecular formula is C14H20O3. The summed E-state index contributed by atoms with van der Waals surface area (Å²) in [6, 6.07) is 7.76. The van der Waals surface area contributed by atoms with Crippen LogP contribution in [0.1, 0.15) is 32.3 Å². The van der Waals surface area contributed by atoms with Gasteiger partial charge < -0.3 is 9.47 Å². The van der Waals surface area contributed by atoms with Gasteiger partial charge in [0, 0.05) is 0 Å². The molecule has 0 fully saturated rings. The second-order valence-electron chi connectivity index (χ2n) is 4.71. The van der Waals surface area contributed by atoms with Crippen molar-refractivity contribution in [2.24, 2.45) is 5.41 Å². The van der Waals surface area contributed by atoms with Crippen molar-refractivity contribution in [2.45, 2.75) is 26.7 Å². The molecule has 1 atom stereocenters. The molecule has 0 aliphatic carbocycles. The zero-order valence-electron chi connectivity index (χ0n) is 11.1. The van der Waals surface area contributed by atoms with E-state index in [1.165, 1.54) is 7.11 Å². The van der Waals surface area contributed by atoms with Crippen molar-refractivity contribution in [2.75, 3.05) is 14.2 Å². The highest BCUT2D eigenvalue weighted by molar-refractivity contribution is 5.77. The van der Waals surface area contributed by atoms with Crippen molar-refractivity contribution >= 4 is 5.97 Å². The number of benzene rings is 1. The number of methoxy groups -OCH3 is 2. The number of esters is 1. The number of ether oxygens (including phenoxy) is 2. The highest BCUT2D eigenvalue weighted by Gasteiger charge is 2.35. The summed E-state index contributed by atoms with van der Waals surface area (Å²) in [5.74, 6) is 0.707. The fourth-order valence-electron chi connectivity index (χ4n) is 1.75. The van der Waals surface area contributed by atoms with Crippen LogP contribution in [-0.4, -0.2) is 20.2 Å². The maximum atomic E-state index is 11.7. The third kappa shape index (κ3) is 2.78. The van der Waals surface area contributed by atoms with Gasteiger partial charge in [-0.1, -0.05) is 19.1 Å². The summed E-state index contributed by atoms with van der Waals surface area (Å²) in [6.07, 6.45) is 0. The SMILES string of the molecule is COC(=O)C(C)(C)C(C)c1ccc(OC)cc1. The van der Waals surface area contributed by atoms with Crippen LogP contribution >= 0.6 is 0 Å². The third-order valence-corrected chi connectivity index (χ3v) is 3.41. The number of carbonyl (C=O) groups excluding carboxylic acids is 1. The minimum absolute atomic E-state index is 0.0841. The molecule has 0 amide bonds. The van der Waals surface area contributed by atoms with Gasteiger partial charge in [0.2, 0.25) is 0 Å². The number of carbonyl (C=O) groups is 1. The fraction of sp³-hybridized carbons (Fsp3) is 0.500. The Hall–Kier alpha value is -1.51. The first-order valence-electron chi connectivity index (χ1n) is 5.65. The molecule has 0 aliphatic rings. The van der Waals surface area contributed by atoms with Crippen molar-refractivity contribution in [3.8, 4) is 5.75 Å². The van der Waals surface area contributed by atoms with Crippen LogP contribution in [0, 0.1) is 5.41 Å². The summed E-state index contributed by atoms with van der Waals surface area (Å²) in [6.45, 7) is 5.82. The molecule has 0 bridgehead atoms. The monoisotopic (exact) mass is 236 g/mol. The van der Waals surface area contributed by atoms with Crippen LogP contribution < -0.4 is 4.74 Å². The summed E-state index contributed by atoms with van der Waals surface area (Å²) in [4.78, 5) is 11.7. The fourth-order valence-corrected chi connectivity index (χ4v) is 1.75. The Morgan fingerprint density at radius 1 is 1.18 bits per heavy atom. The highest BCUT2D eigenvalue weighted by Crippen LogP contribution is 2.36. The van der Waals surface area contributed by atoms with Gasteiger partial charge in [-0.05, 0) is 37.5 Å². The van der Waals surface area contributed by atoms with E-state index in [9.17, 15) is 4.79 Å². The first-order valence-corrected chi connectivity index (χ1v) is 5.65. The number of hydrogen-bond donors (Lipinski definition) is 0. The molecule has 0 aliphatic heterocycles. The summed E-state index contributed by atoms with van der Waals surface area (Å²) in [7, 11) is 3.06. The van der Waals surface area contributed by atoms with Crippen LogP contribution in [-0.2, 0) is 9.53 Å². The lowest BCUT2D eigenvalue weighted by molar-refractivity contribution is -0.151. The largest absolute Gasteiger partial charge is 0.497 e. The number of hydrogen-bond acceptors (Lipinski definition) is 3. The molecule has 3 heteroatoms. The smallest absolute Gasteiger partial charge is 0.311 e. The lowest BCUT2D eigenvalue weighted by Gasteiger charge is -2.29. The minimum Gasteiger partial charge on any atom is -0.497 e. The molecule has 0 heterocycles. The molecular weight excluding hydrogens is 216 g/mol. The van der Waals surface area contributed by atoms with Gasteiger partial charge in [-0.15, -0.1) is 0 Å². The minimum atomic E-state index is -0.538. The molecule has 1 aromatic rings. The molecule has 1 unspecified atom stereocenters. The van der Waals surface area contributed by atoms with Gasteiger partial charge in [0.25, 0.3) is 0 Å². The molecule has 0 aromatic heterocycles. The van der Waals surface area contributed by atoms with Gasteiger partial charge in [-0.25, -0.2) is 0 Å². The van der Waals surface area contributed by atoms with Crippen molar-refractivity contribution in [3.05, 3.63) is 29.8 Å². The number of rotatable bonds is 4. The molecule has 0 N–H and O–H groups in total. The Bertz CT molecular complexity index is 379. The molecule has 3 nitrogen and oxygen atoms in total. The molecule has 0 radical (unpaired) electrons. The van der Waals surface area contributed by atoms with E-state index in [1.807, 2.05) is 45.0 Å². The van der Waals surface area contributed by atoms with Gasteiger partial charge in [0.1, 0.15) is 5.75 Å². The summed E-state index contributed by atoms with van der Waals surface area (Å²) in [5.41, 5.74) is 0.560. The molecule has 1 aromatic carbocycles. The first kappa shape index (κ1) is 13.6. The van der Waals surface area contributed by atoms with Crippen molar-refractivity contribution in [1.29, 1.82) is 0 Å². The normalized spacial score (nSPS) is 13.0. The predicted octanol–water partition coefficient (Wildman–Crippen LogP) is 3.00. The summed E-state index contributed by atoms with van der Waals surface area (Å²) < 4.78 is 9.95. The van der Waals surface area contributed by atoms with Gasteiger partial charge >= 0.3 is 5.97 Å². The Morgan fingerprint density at radius 3 is 2.12 bits per heavy atom. The summed E-state index contributed by atoms with van der Waals surface area (Å²) in [5, 5.41) is 0. The molecule has 0 spiro atoms. The van der Waals surface area contributed by atoms with E-state index in [4.69, 9.17) is 9.47 Å². The van der Waals surface area contributed by atoms with Crippen molar-refractivity contribution in [3.63, 3.8) is 0 Å². The third-order valence-electron chi connectivity index (χ3n) is 3.41. The van der Waals surface area contributed by atoms with Gasteiger partial charge in [-0.2, -0.15) is 0 Å². The van der Waals surface area contributed by atoms with Crippen LogP contribution in [0.25, 0.3) is 0 Å². The van der Waals surface area contributed by atoms with E-state index in [1.54, 1.807) is 7.11 Å². The second kappa shape index (κ2) is 5.21. The first-order chi connectivity index (χ1) is 7.93. The zero-order valence-corrected chi connectivity index (χ0v) is 11.1. The quantitative estimate of drug-likeness (QED) is 0.754. The van der Waals surface area contributed by atoms with Crippen LogP contribution in [0.4, 0.5) is 0 Å². The lowest BCUT2D eigenvalue weighted by Crippen LogP contribution is -2.31. The maximum Gasteiger partial charge on any atom is 0.311 e. The summed E-state index contributed by atoms with van der Waals surface area (Å²) >= 11 is 0. The van der Waals surface area contributed by atoms with E-state index in [-0.39, 0.29) is 11.9 Å². The van der Waals surface area contributed by atoms with Crippen LogP contribution in [0.3, 0.4) is 0 Å². The Balaban J connectivity index is 2.95. The molecule has 1 rings (SSSR count). The zero-order chi connectivity index (χ0) is 13.1. The molecule has 17 heavy (non-hydrogen) atoms. The Morgan fingerprint density at radius 2 is 1.71 bits per heavy atom. The van der Waals surface area contributed by atoms with E-state index in [2.05, 4.69) is 0 Å². The second-order valence-corrected chi connectivity index (χ2v) is 4.71. The van der Waals surface area contributed by atoms with E-state index < -0.39 is 5.41 Å². The Labute approximate surface area is 103 Å². The van der Waals surface area contributed by atoms with Gasteiger partial charge in [-0.3, -0.25) is 4.79 Å². The standard InChI is InChI=1S/C14H20O3/c1-10(14(2,3)13(15)17-5)11-6-8-12(16-4)9-7-11/h6-10H,1-5H3. The lowest BCUT2D eigenvalue weighted by atomic mass is 9.76. The Kier molecular flexibility index (Phi) is 4.16. The van der Waals surface area contributed by atoms with Crippen molar-refractivity contribution in [1.82, 2.24) is 0 Å². The molecule has 0 saturated carbocycles. The van der Waals surface area contributed by atoms with E-state index in [0.29, 0.717) is 0 Å². The molecule has 0 saturated heterocycles. The highest BCUT2D eigenvalue weighted by atomic mass is 16.5. The van der Waals surface area contributed by atoms with Gasteiger partial charge in [0.05, 0.1) is 19.6 Å². The van der Waals surface area contributed by atoms with Crippen LogP contribution in [0.2, 0.25) is 0 Å². The van der Waals surface area contributed by atoms with Crippen LogP contribution in [0.5, 0.6) is 5.75 Å². The van der Waals surface area contributed by atoms with E-state index in [0.717, 1.165) is 11.3 Å².